The number of carbonyl (C=O) groups is 2. The summed E-state index contributed by atoms with van der Waals surface area (Å²) in [6, 6.07) is 13.9. The van der Waals surface area contributed by atoms with Gasteiger partial charge in [-0.05, 0) is 35.9 Å². The molecule has 0 saturated carbocycles. The van der Waals surface area contributed by atoms with Gasteiger partial charge in [0.05, 0.1) is 19.5 Å². The average Bonchev–Trinajstić information content (AvgIpc) is 3.01. The molecular formula is C19H20N4O4. The lowest BCUT2D eigenvalue weighted by Crippen LogP contribution is -2.27. The summed E-state index contributed by atoms with van der Waals surface area (Å²) in [5.41, 5.74) is 8.07. The first-order valence-electron chi connectivity index (χ1n) is 8.40. The summed E-state index contributed by atoms with van der Waals surface area (Å²) in [6.45, 7) is 0.733. The van der Waals surface area contributed by atoms with Gasteiger partial charge in [-0.3, -0.25) is 15.1 Å². The zero-order valence-electron chi connectivity index (χ0n) is 14.5. The van der Waals surface area contributed by atoms with Crippen LogP contribution < -0.4 is 16.0 Å². The van der Waals surface area contributed by atoms with Crippen LogP contribution in [0.2, 0.25) is 0 Å². The third kappa shape index (κ3) is 4.35. The lowest BCUT2D eigenvalue weighted by Gasteiger charge is -2.15. The second-order valence-corrected chi connectivity index (χ2v) is 6.19. The topological polar surface area (TPSA) is 129 Å². The highest BCUT2D eigenvalue weighted by molar-refractivity contribution is 5.96. The van der Waals surface area contributed by atoms with E-state index in [0.29, 0.717) is 35.6 Å². The van der Waals surface area contributed by atoms with Gasteiger partial charge in [-0.1, -0.05) is 18.2 Å². The highest BCUT2D eigenvalue weighted by Crippen LogP contribution is 2.23. The molecule has 0 spiro atoms. The van der Waals surface area contributed by atoms with E-state index < -0.39 is 12.1 Å². The van der Waals surface area contributed by atoms with Gasteiger partial charge in [0.15, 0.2) is 0 Å². The number of hydrogen-bond donors (Lipinski definition) is 4. The van der Waals surface area contributed by atoms with E-state index in [1.165, 1.54) is 4.90 Å². The van der Waals surface area contributed by atoms with Gasteiger partial charge in [0.1, 0.15) is 11.9 Å². The zero-order valence-corrected chi connectivity index (χ0v) is 14.5. The molecule has 0 aliphatic carbocycles. The SMILES string of the molecule is N=C(N)c1ccc(N2CC(CNc3ccccc3CC(=O)O)OC2=O)cc1. The van der Waals surface area contributed by atoms with Crippen LogP contribution in [0.4, 0.5) is 16.2 Å². The van der Waals surface area contributed by atoms with Crippen LogP contribution in [0, 0.1) is 5.41 Å². The number of rotatable bonds is 7. The monoisotopic (exact) mass is 368 g/mol. The largest absolute Gasteiger partial charge is 0.481 e. The lowest BCUT2D eigenvalue weighted by molar-refractivity contribution is -0.136. The molecule has 2 aromatic rings. The molecule has 0 radical (unpaired) electrons. The molecule has 2 aromatic carbocycles. The molecule has 0 bridgehead atoms. The van der Waals surface area contributed by atoms with Gasteiger partial charge in [0.25, 0.3) is 0 Å². The maximum Gasteiger partial charge on any atom is 0.414 e. The van der Waals surface area contributed by atoms with E-state index in [9.17, 15) is 9.59 Å². The summed E-state index contributed by atoms with van der Waals surface area (Å²) in [5, 5.41) is 19.6. The number of nitrogen functional groups attached to an aromatic ring is 1. The maximum absolute atomic E-state index is 12.2. The predicted molar refractivity (Wildman–Crippen MR) is 101 cm³/mol. The summed E-state index contributed by atoms with van der Waals surface area (Å²) in [4.78, 5) is 24.6. The molecule has 1 unspecified atom stereocenters. The first kappa shape index (κ1) is 18.2. The molecule has 1 atom stereocenters. The van der Waals surface area contributed by atoms with Crippen LogP contribution in [0.5, 0.6) is 0 Å². The number of anilines is 2. The number of carboxylic acids is 1. The van der Waals surface area contributed by atoms with Crippen molar-refractivity contribution >= 4 is 29.3 Å². The minimum atomic E-state index is -0.906. The second kappa shape index (κ2) is 7.77. The Morgan fingerprint density at radius 3 is 2.63 bits per heavy atom. The van der Waals surface area contributed by atoms with E-state index in [0.717, 1.165) is 0 Å². The quantitative estimate of drug-likeness (QED) is 0.437. The van der Waals surface area contributed by atoms with Gasteiger partial charge in [0.2, 0.25) is 0 Å². The van der Waals surface area contributed by atoms with Gasteiger partial charge in [-0.25, -0.2) is 4.79 Å². The molecular weight excluding hydrogens is 348 g/mol. The standard InChI is InChI=1S/C19H20N4O4/c20-18(21)12-5-7-14(8-6-12)23-11-15(27-19(23)26)10-22-16-4-2-1-3-13(16)9-17(24)25/h1-8,15,22H,9-11H2,(H3,20,21)(H,24,25). The summed E-state index contributed by atoms with van der Waals surface area (Å²) in [6.07, 6.45) is -0.901. The number of hydrogen-bond acceptors (Lipinski definition) is 5. The number of aliphatic carboxylic acids is 1. The number of nitrogens with two attached hydrogens (primary N) is 1. The summed E-state index contributed by atoms with van der Waals surface area (Å²) < 4.78 is 5.39. The molecule has 1 heterocycles. The molecule has 8 heteroatoms. The molecule has 1 aliphatic rings. The van der Waals surface area contributed by atoms with Crippen molar-refractivity contribution in [2.75, 3.05) is 23.3 Å². The Morgan fingerprint density at radius 1 is 1.26 bits per heavy atom. The van der Waals surface area contributed by atoms with E-state index in [-0.39, 0.29) is 18.4 Å². The van der Waals surface area contributed by atoms with E-state index >= 15 is 0 Å². The molecule has 5 N–H and O–H groups in total. The number of nitrogens with one attached hydrogen (secondary N) is 2. The van der Waals surface area contributed by atoms with Crippen LogP contribution in [0.1, 0.15) is 11.1 Å². The normalized spacial score (nSPS) is 16.1. The molecule has 1 aliphatic heterocycles. The number of carbonyl (C=O) groups excluding carboxylic acids is 1. The van der Waals surface area contributed by atoms with Crippen LogP contribution >= 0.6 is 0 Å². The Balaban J connectivity index is 1.63. The lowest BCUT2D eigenvalue weighted by atomic mass is 10.1. The summed E-state index contributed by atoms with van der Waals surface area (Å²) in [7, 11) is 0. The Hall–Kier alpha value is -3.55. The van der Waals surface area contributed by atoms with Crippen molar-refractivity contribution < 1.29 is 19.4 Å². The van der Waals surface area contributed by atoms with Crippen LogP contribution in [0.25, 0.3) is 0 Å². The highest BCUT2D eigenvalue weighted by atomic mass is 16.6. The molecule has 140 valence electrons. The van der Waals surface area contributed by atoms with Gasteiger partial charge in [-0.15, -0.1) is 0 Å². The summed E-state index contributed by atoms with van der Waals surface area (Å²) in [5.74, 6) is -0.940. The Morgan fingerprint density at radius 2 is 1.96 bits per heavy atom. The number of para-hydroxylation sites is 1. The van der Waals surface area contributed by atoms with Crippen molar-refractivity contribution in [2.24, 2.45) is 5.73 Å². The molecule has 0 aromatic heterocycles. The number of amides is 1. The van der Waals surface area contributed by atoms with Gasteiger partial charge in [-0.2, -0.15) is 0 Å². The van der Waals surface area contributed by atoms with Crippen molar-refractivity contribution in [1.82, 2.24) is 0 Å². The fourth-order valence-electron chi connectivity index (χ4n) is 2.89. The van der Waals surface area contributed by atoms with Crippen molar-refractivity contribution in [3.8, 4) is 0 Å². The number of amidine groups is 1. The number of benzene rings is 2. The summed E-state index contributed by atoms with van der Waals surface area (Å²) >= 11 is 0. The Labute approximate surface area is 156 Å². The van der Waals surface area contributed by atoms with Crippen molar-refractivity contribution in [2.45, 2.75) is 12.5 Å². The van der Waals surface area contributed by atoms with Crippen molar-refractivity contribution in [1.29, 1.82) is 5.41 Å². The molecule has 8 nitrogen and oxygen atoms in total. The molecule has 27 heavy (non-hydrogen) atoms. The van der Waals surface area contributed by atoms with Crippen LogP contribution in [0.15, 0.2) is 48.5 Å². The zero-order chi connectivity index (χ0) is 19.4. The van der Waals surface area contributed by atoms with E-state index in [2.05, 4.69) is 5.32 Å². The fourth-order valence-corrected chi connectivity index (χ4v) is 2.89. The highest BCUT2D eigenvalue weighted by Gasteiger charge is 2.32. The number of carboxylic acid groups (broad SMARTS) is 1. The minimum Gasteiger partial charge on any atom is -0.481 e. The van der Waals surface area contributed by atoms with Gasteiger partial charge < -0.3 is 20.9 Å². The van der Waals surface area contributed by atoms with E-state index in [1.54, 1.807) is 42.5 Å². The molecule has 1 fully saturated rings. The van der Waals surface area contributed by atoms with Crippen LogP contribution in [0.3, 0.4) is 0 Å². The number of ether oxygens (including phenoxy) is 1. The fraction of sp³-hybridized carbons (Fsp3) is 0.211. The van der Waals surface area contributed by atoms with Gasteiger partial charge in [0, 0.05) is 16.9 Å². The Bertz CT molecular complexity index is 866. The van der Waals surface area contributed by atoms with Crippen molar-refractivity contribution in [3.05, 3.63) is 59.7 Å². The third-order valence-electron chi connectivity index (χ3n) is 4.24. The maximum atomic E-state index is 12.2. The number of cyclic esters (lactones) is 1. The van der Waals surface area contributed by atoms with E-state index in [4.69, 9.17) is 21.0 Å². The first-order chi connectivity index (χ1) is 12.9. The molecule has 1 amide bonds. The average molecular weight is 368 g/mol. The molecule has 1 saturated heterocycles. The number of nitrogens with zero attached hydrogens (tertiary/aromatic N) is 1. The minimum absolute atomic E-state index is 0.0346. The van der Waals surface area contributed by atoms with Gasteiger partial charge >= 0.3 is 12.1 Å². The van der Waals surface area contributed by atoms with E-state index in [1.807, 2.05) is 6.07 Å². The predicted octanol–water partition coefficient (Wildman–Crippen LogP) is 2.04. The van der Waals surface area contributed by atoms with Crippen molar-refractivity contribution in [3.63, 3.8) is 0 Å². The van der Waals surface area contributed by atoms with Crippen LogP contribution in [-0.4, -0.2) is 42.2 Å². The Kier molecular flexibility index (Phi) is 5.25. The first-order valence-corrected chi connectivity index (χ1v) is 8.40. The van der Waals surface area contributed by atoms with Crippen LogP contribution in [-0.2, 0) is 16.0 Å². The smallest absolute Gasteiger partial charge is 0.414 e. The third-order valence-corrected chi connectivity index (χ3v) is 4.24. The molecule has 3 rings (SSSR count). The second-order valence-electron chi connectivity index (χ2n) is 6.19.